The van der Waals surface area contributed by atoms with Crippen LogP contribution in [0.15, 0.2) is 60.7 Å². The van der Waals surface area contributed by atoms with Gasteiger partial charge in [-0.2, -0.15) is 0 Å². The van der Waals surface area contributed by atoms with Gasteiger partial charge in [-0.15, -0.1) is 0 Å². The van der Waals surface area contributed by atoms with Crippen molar-refractivity contribution in [3.63, 3.8) is 0 Å². The Labute approximate surface area is 117 Å². The zero-order chi connectivity index (χ0) is 14.4. The van der Waals surface area contributed by atoms with E-state index in [4.69, 9.17) is 0 Å². The molecule has 3 heteroatoms. The summed E-state index contributed by atoms with van der Waals surface area (Å²) < 4.78 is 0. The molecular weight excluding hydrogens is 252 g/mol. The number of hydrogen-bond donors (Lipinski definition) is 1. The van der Waals surface area contributed by atoms with Gasteiger partial charge in [-0.1, -0.05) is 60.7 Å². The topological polar surface area (TPSA) is 54.4 Å². The molecule has 3 nitrogen and oxygen atoms in total. The van der Waals surface area contributed by atoms with Crippen LogP contribution in [0.4, 0.5) is 0 Å². The van der Waals surface area contributed by atoms with Crippen molar-refractivity contribution in [1.82, 2.24) is 0 Å². The van der Waals surface area contributed by atoms with E-state index in [2.05, 4.69) is 0 Å². The highest BCUT2D eigenvalue weighted by atomic mass is 16.4. The Hall–Kier alpha value is -2.42. The van der Waals surface area contributed by atoms with Gasteiger partial charge in [0.25, 0.3) is 0 Å². The summed E-state index contributed by atoms with van der Waals surface area (Å²) in [7, 11) is 0. The van der Waals surface area contributed by atoms with Crippen LogP contribution < -0.4 is 0 Å². The first-order chi connectivity index (χ1) is 9.68. The molecule has 0 heterocycles. The molecule has 0 aromatic heterocycles. The number of carbonyl (C=O) groups is 2. The van der Waals surface area contributed by atoms with Crippen LogP contribution in [-0.2, 0) is 4.79 Å². The lowest BCUT2D eigenvalue weighted by Crippen LogP contribution is -2.13. The molecule has 0 aliphatic rings. The van der Waals surface area contributed by atoms with Crippen molar-refractivity contribution in [3.8, 4) is 0 Å². The number of aliphatic carboxylic acids is 1. The molecule has 2 aromatic rings. The molecule has 1 N–H and O–H groups in total. The Balaban J connectivity index is 2.04. The summed E-state index contributed by atoms with van der Waals surface area (Å²) in [5, 5.41) is 9.30. The van der Waals surface area contributed by atoms with E-state index >= 15 is 0 Å². The molecule has 0 fully saturated rings. The minimum atomic E-state index is -0.892. The van der Waals surface area contributed by atoms with Crippen LogP contribution >= 0.6 is 0 Å². The lowest BCUT2D eigenvalue weighted by molar-refractivity contribution is -0.138. The van der Waals surface area contributed by atoms with E-state index in [0.29, 0.717) is 12.0 Å². The third-order valence-electron chi connectivity index (χ3n) is 3.26. The molecule has 1 atom stereocenters. The summed E-state index contributed by atoms with van der Waals surface area (Å²) in [5.74, 6) is -1.55. The molecule has 0 radical (unpaired) electrons. The molecule has 0 amide bonds. The highest BCUT2D eigenvalue weighted by Crippen LogP contribution is 2.22. The number of carbonyl (C=O) groups excluding carboxylic acids is 1. The van der Waals surface area contributed by atoms with Crippen LogP contribution in [0.1, 0.15) is 34.7 Å². The molecule has 2 rings (SSSR count). The number of rotatable bonds is 6. The molecule has 0 spiro atoms. The van der Waals surface area contributed by atoms with Crippen LogP contribution in [0.25, 0.3) is 0 Å². The van der Waals surface area contributed by atoms with Crippen molar-refractivity contribution >= 4 is 11.8 Å². The van der Waals surface area contributed by atoms with Crippen molar-refractivity contribution in [2.75, 3.05) is 0 Å². The van der Waals surface area contributed by atoms with Crippen molar-refractivity contribution in [1.29, 1.82) is 0 Å². The second kappa shape index (κ2) is 6.66. The highest BCUT2D eigenvalue weighted by molar-refractivity contribution is 5.96. The second-order valence-corrected chi connectivity index (χ2v) is 4.63. The summed E-state index contributed by atoms with van der Waals surface area (Å²) in [6, 6.07) is 18.0. The third kappa shape index (κ3) is 3.54. The average molecular weight is 268 g/mol. The summed E-state index contributed by atoms with van der Waals surface area (Å²) in [4.78, 5) is 23.3. The fourth-order valence-corrected chi connectivity index (χ4v) is 2.16. The molecule has 20 heavy (non-hydrogen) atoms. The molecular formula is C17H16O3. The van der Waals surface area contributed by atoms with Crippen molar-refractivity contribution in [3.05, 3.63) is 71.8 Å². The van der Waals surface area contributed by atoms with Gasteiger partial charge in [0.2, 0.25) is 0 Å². The van der Waals surface area contributed by atoms with Crippen LogP contribution in [0, 0.1) is 0 Å². The Morgan fingerprint density at radius 2 is 1.45 bits per heavy atom. The van der Waals surface area contributed by atoms with Gasteiger partial charge in [-0.05, 0) is 12.0 Å². The Morgan fingerprint density at radius 3 is 2.00 bits per heavy atom. The van der Waals surface area contributed by atoms with E-state index in [9.17, 15) is 14.7 Å². The molecule has 2 aromatic carbocycles. The summed E-state index contributed by atoms with van der Waals surface area (Å²) in [6.45, 7) is 0. The number of hydrogen-bond acceptors (Lipinski definition) is 2. The largest absolute Gasteiger partial charge is 0.481 e. The van der Waals surface area contributed by atoms with Crippen molar-refractivity contribution in [2.45, 2.75) is 18.8 Å². The lowest BCUT2D eigenvalue weighted by Gasteiger charge is -2.12. The predicted octanol–water partition coefficient (Wildman–Crippen LogP) is 3.52. The molecule has 102 valence electrons. The fourth-order valence-electron chi connectivity index (χ4n) is 2.16. The molecule has 0 aliphatic heterocycles. The van der Waals surface area contributed by atoms with Gasteiger partial charge in [0.1, 0.15) is 0 Å². The van der Waals surface area contributed by atoms with Gasteiger partial charge in [-0.25, -0.2) is 0 Å². The van der Waals surface area contributed by atoms with Crippen LogP contribution in [0.5, 0.6) is 0 Å². The standard InChI is InChI=1S/C17H16O3/c18-16(14-9-5-2-6-10-14)12-11-15(17(19)20)13-7-3-1-4-8-13/h1-10,15H,11-12H2,(H,19,20). The number of ketones is 1. The Morgan fingerprint density at radius 1 is 0.900 bits per heavy atom. The molecule has 0 saturated carbocycles. The Kier molecular flexibility index (Phi) is 4.66. The maximum atomic E-state index is 12.0. The van der Waals surface area contributed by atoms with Crippen LogP contribution in [-0.4, -0.2) is 16.9 Å². The quantitative estimate of drug-likeness (QED) is 0.815. The van der Waals surface area contributed by atoms with E-state index in [-0.39, 0.29) is 12.2 Å². The first-order valence-electron chi connectivity index (χ1n) is 6.54. The fraction of sp³-hybridized carbons (Fsp3) is 0.176. The first-order valence-corrected chi connectivity index (χ1v) is 6.54. The van der Waals surface area contributed by atoms with Crippen molar-refractivity contribution < 1.29 is 14.7 Å². The molecule has 0 bridgehead atoms. The second-order valence-electron chi connectivity index (χ2n) is 4.63. The summed E-state index contributed by atoms with van der Waals surface area (Å²) in [6.07, 6.45) is 0.545. The van der Waals surface area contributed by atoms with Gasteiger partial charge in [0.05, 0.1) is 5.92 Å². The van der Waals surface area contributed by atoms with Gasteiger partial charge in [0, 0.05) is 12.0 Å². The van der Waals surface area contributed by atoms with Gasteiger partial charge >= 0.3 is 5.97 Å². The van der Waals surface area contributed by atoms with Crippen LogP contribution in [0.2, 0.25) is 0 Å². The zero-order valence-electron chi connectivity index (χ0n) is 11.0. The van der Waals surface area contributed by atoms with E-state index in [0.717, 1.165) is 5.56 Å². The van der Waals surface area contributed by atoms with E-state index in [1.54, 1.807) is 36.4 Å². The van der Waals surface area contributed by atoms with E-state index in [1.165, 1.54) is 0 Å². The number of carboxylic acids is 1. The first kappa shape index (κ1) is 14.0. The van der Waals surface area contributed by atoms with Gasteiger partial charge in [-0.3, -0.25) is 9.59 Å². The number of carboxylic acid groups (broad SMARTS) is 1. The van der Waals surface area contributed by atoms with E-state index < -0.39 is 11.9 Å². The van der Waals surface area contributed by atoms with E-state index in [1.807, 2.05) is 24.3 Å². The number of benzene rings is 2. The summed E-state index contributed by atoms with van der Waals surface area (Å²) in [5.41, 5.74) is 1.37. The maximum Gasteiger partial charge on any atom is 0.310 e. The normalized spacial score (nSPS) is 11.8. The van der Waals surface area contributed by atoms with Crippen LogP contribution in [0.3, 0.4) is 0 Å². The van der Waals surface area contributed by atoms with Gasteiger partial charge < -0.3 is 5.11 Å². The summed E-state index contributed by atoms with van der Waals surface area (Å²) >= 11 is 0. The minimum Gasteiger partial charge on any atom is -0.481 e. The third-order valence-corrected chi connectivity index (χ3v) is 3.26. The minimum absolute atomic E-state index is 0.0206. The molecule has 1 unspecified atom stereocenters. The molecule has 0 aliphatic carbocycles. The van der Waals surface area contributed by atoms with Gasteiger partial charge in [0.15, 0.2) is 5.78 Å². The maximum absolute atomic E-state index is 12.0. The SMILES string of the molecule is O=C(CCC(C(=O)O)c1ccccc1)c1ccccc1. The smallest absolute Gasteiger partial charge is 0.310 e. The zero-order valence-corrected chi connectivity index (χ0v) is 11.0. The monoisotopic (exact) mass is 268 g/mol. The van der Waals surface area contributed by atoms with Crippen molar-refractivity contribution in [2.24, 2.45) is 0 Å². The predicted molar refractivity (Wildman–Crippen MR) is 76.8 cm³/mol. The average Bonchev–Trinajstić information content (AvgIpc) is 2.49. The Bertz CT molecular complexity index is 576. The highest BCUT2D eigenvalue weighted by Gasteiger charge is 2.20. The molecule has 0 saturated heterocycles. The number of Topliss-reactive ketones (excluding diaryl/α,β-unsaturated/α-hetero) is 1. The lowest BCUT2D eigenvalue weighted by atomic mass is 9.92.